The maximum absolute atomic E-state index is 2.58. The average molecular weight is 791 g/mol. The Balaban J connectivity index is 0.889. The quantitative estimate of drug-likeness (QED) is 0.160. The van der Waals surface area contributed by atoms with Crippen LogP contribution < -0.4 is 9.80 Å². The largest absolute Gasteiger partial charge is 0.336 e. The van der Waals surface area contributed by atoms with Crippen LogP contribution in [0.15, 0.2) is 158 Å². The van der Waals surface area contributed by atoms with Crippen molar-refractivity contribution in [2.75, 3.05) is 9.80 Å². The highest BCUT2D eigenvalue weighted by molar-refractivity contribution is 6.04. The second-order valence-electron chi connectivity index (χ2n) is 19.5. The highest BCUT2D eigenvalue weighted by Crippen LogP contribution is 2.52. The van der Waals surface area contributed by atoms with Crippen molar-refractivity contribution in [1.82, 2.24) is 0 Å². The van der Waals surface area contributed by atoms with Gasteiger partial charge in [0.25, 0.3) is 0 Å². The summed E-state index contributed by atoms with van der Waals surface area (Å²) in [5.74, 6) is 0. The van der Waals surface area contributed by atoms with Gasteiger partial charge < -0.3 is 9.80 Å². The molecule has 2 aliphatic heterocycles. The van der Waals surface area contributed by atoms with E-state index in [0.717, 1.165) is 25.7 Å². The number of nitrogens with zero attached hydrogens (tertiary/aromatic N) is 2. The molecular weight excluding hydrogens is 737 g/mol. The number of hydrogen-bond donors (Lipinski definition) is 0. The molecule has 0 unspecified atom stereocenters. The van der Waals surface area contributed by atoms with Gasteiger partial charge in [-0.3, -0.25) is 0 Å². The fourth-order valence-electron chi connectivity index (χ4n) is 11.0. The number of para-hydroxylation sites is 2. The standard InChI is InChI=1S/C59H54N2/c1-57(2)33-31-41-13-7-11-17-55(41)60(57)46-26-24-43-36-45(23-22-44(43)37-46)49-29-25-40(48-15-9-10-16-50(48)49)21-19-39-20-28-51-52-30-27-47(38-54(52)59(5,6)53(51)35-39)61-56-18-12-8-14-42(56)32-34-58(61,3)4/h7-30,35-38H,31-34H2,1-6H3/b21-19+. The Morgan fingerprint density at radius 3 is 1.69 bits per heavy atom. The van der Waals surface area contributed by atoms with Gasteiger partial charge in [-0.25, -0.2) is 0 Å². The Kier molecular flexibility index (Phi) is 8.52. The van der Waals surface area contributed by atoms with Gasteiger partial charge in [-0.15, -0.1) is 0 Å². The van der Waals surface area contributed by atoms with Crippen molar-refractivity contribution in [3.8, 4) is 22.3 Å². The van der Waals surface area contributed by atoms with Gasteiger partial charge in [0.15, 0.2) is 0 Å². The Morgan fingerprint density at radius 2 is 0.984 bits per heavy atom. The summed E-state index contributed by atoms with van der Waals surface area (Å²) in [5.41, 5.74) is 18.5. The van der Waals surface area contributed by atoms with E-state index in [9.17, 15) is 0 Å². The number of hydrogen-bond acceptors (Lipinski definition) is 2. The van der Waals surface area contributed by atoms with Gasteiger partial charge >= 0.3 is 0 Å². The molecule has 2 nitrogen and oxygen atoms in total. The molecule has 0 radical (unpaired) electrons. The lowest BCUT2D eigenvalue weighted by molar-refractivity contribution is 0.447. The molecule has 0 spiro atoms. The SMILES string of the molecule is CC1(C)c2cc(/C=C/c3ccc(-c4ccc5cc(N6c7ccccc7CCC6(C)C)ccc5c4)c4ccccc34)ccc2-c2ccc(N3c4ccccc4CCC3(C)C)cc21. The second kappa shape index (κ2) is 13.8. The van der Waals surface area contributed by atoms with E-state index < -0.39 is 0 Å². The molecule has 0 bridgehead atoms. The molecule has 0 saturated carbocycles. The van der Waals surface area contributed by atoms with Crippen molar-refractivity contribution in [1.29, 1.82) is 0 Å². The van der Waals surface area contributed by atoms with Crippen LogP contribution in [0.25, 0.3) is 56.0 Å². The lowest BCUT2D eigenvalue weighted by Gasteiger charge is -2.45. The second-order valence-corrected chi connectivity index (χ2v) is 19.5. The molecule has 0 aromatic heterocycles. The first-order valence-electron chi connectivity index (χ1n) is 22.3. The third-order valence-electron chi connectivity index (χ3n) is 14.4. The number of rotatable bonds is 5. The molecule has 0 N–H and O–H groups in total. The first-order valence-corrected chi connectivity index (χ1v) is 22.3. The van der Waals surface area contributed by atoms with Crippen LogP contribution in [-0.2, 0) is 18.3 Å². The predicted octanol–water partition coefficient (Wildman–Crippen LogP) is 15.9. The topological polar surface area (TPSA) is 6.48 Å². The summed E-state index contributed by atoms with van der Waals surface area (Å²) in [7, 11) is 0. The first-order chi connectivity index (χ1) is 29.5. The lowest BCUT2D eigenvalue weighted by Crippen LogP contribution is -2.44. The first kappa shape index (κ1) is 37.6. The van der Waals surface area contributed by atoms with Gasteiger partial charge in [0, 0.05) is 39.2 Å². The van der Waals surface area contributed by atoms with Gasteiger partial charge in [-0.2, -0.15) is 0 Å². The maximum atomic E-state index is 2.58. The summed E-state index contributed by atoms with van der Waals surface area (Å²) < 4.78 is 0. The summed E-state index contributed by atoms with van der Waals surface area (Å²) in [5, 5.41) is 5.06. The van der Waals surface area contributed by atoms with E-state index in [1.807, 2.05) is 0 Å². The molecule has 0 atom stereocenters. The molecule has 0 saturated heterocycles. The number of aryl methyl sites for hydroxylation is 2. The molecule has 11 rings (SSSR count). The summed E-state index contributed by atoms with van der Waals surface area (Å²) in [6.45, 7) is 14.3. The van der Waals surface area contributed by atoms with Gasteiger partial charge in [0.05, 0.1) is 0 Å². The van der Waals surface area contributed by atoms with Gasteiger partial charge in [-0.05, 0) is 173 Å². The normalized spacial score (nSPS) is 17.0. The minimum absolute atomic E-state index is 0.0391. The highest BCUT2D eigenvalue weighted by atomic mass is 15.2. The van der Waals surface area contributed by atoms with Crippen molar-refractivity contribution < 1.29 is 0 Å². The third kappa shape index (κ3) is 6.13. The van der Waals surface area contributed by atoms with Crippen molar-refractivity contribution in [2.24, 2.45) is 0 Å². The molecule has 1 aliphatic carbocycles. The Bertz CT molecular complexity index is 3090. The van der Waals surface area contributed by atoms with Crippen LogP contribution in [0.5, 0.6) is 0 Å². The predicted molar refractivity (Wildman–Crippen MR) is 262 cm³/mol. The lowest BCUT2D eigenvalue weighted by atomic mass is 9.81. The summed E-state index contributed by atoms with van der Waals surface area (Å²) >= 11 is 0. The third-order valence-corrected chi connectivity index (χ3v) is 14.4. The number of benzene rings is 8. The van der Waals surface area contributed by atoms with Crippen LogP contribution in [-0.4, -0.2) is 11.1 Å². The van der Waals surface area contributed by atoms with E-state index in [1.54, 1.807) is 0 Å². The summed E-state index contributed by atoms with van der Waals surface area (Å²) in [6, 6.07) is 59.6. The highest BCUT2D eigenvalue weighted by Gasteiger charge is 2.39. The smallest absolute Gasteiger partial charge is 0.0448 e. The van der Waals surface area contributed by atoms with E-state index in [2.05, 4.69) is 221 Å². The Labute approximate surface area is 361 Å². The molecule has 0 amide bonds. The van der Waals surface area contributed by atoms with Crippen molar-refractivity contribution >= 4 is 56.4 Å². The molecule has 0 fully saturated rings. The van der Waals surface area contributed by atoms with E-state index >= 15 is 0 Å². The molecule has 3 aliphatic rings. The van der Waals surface area contributed by atoms with Crippen molar-refractivity contribution in [3.63, 3.8) is 0 Å². The fourth-order valence-corrected chi connectivity index (χ4v) is 11.0. The number of fused-ring (bicyclic) bond motifs is 7. The molecule has 8 aromatic rings. The molecule has 2 heterocycles. The van der Waals surface area contributed by atoms with Crippen LogP contribution in [0.4, 0.5) is 22.7 Å². The average Bonchev–Trinajstić information content (AvgIpc) is 3.49. The zero-order valence-electron chi connectivity index (χ0n) is 36.4. The zero-order chi connectivity index (χ0) is 41.7. The number of anilines is 4. The molecule has 2 heteroatoms. The minimum Gasteiger partial charge on any atom is -0.336 e. The minimum atomic E-state index is -0.116. The van der Waals surface area contributed by atoms with E-state index in [-0.39, 0.29) is 16.5 Å². The molecular formula is C59H54N2. The zero-order valence-corrected chi connectivity index (χ0v) is 36.4. The fraction of sp³-hybridized carbons (Fsp3) is 0.220. The van der Waals surface area contributed by atoms with Crippen LogP contribution in [0.2, 0.25) is 0 Å². The molecule has 61 heavy (non-hydrogen) atoms. The van der Waals surface area contributed by atoms with Gasteiger partial charge in [-0.1, -0.05) is 141 Å². The molecule has 8 aromatic carbocycles. The van der Waals surface area contributed by atoms with Crippen LogP contribution >= 0.6 is 0 Å². The van der Waals surface area contributed by atoms with Crippen LogP contribution in [0.3, 0.4) is 0 Å². The monoisotopic (exact) mass is 790 g/mol. The van der Waals surface area contributed by atoms with Crippen LogP contribution in [0.1, 0.15) is 87.8 Å². The van der Waals surface area contributed by atoms with E-state index in [4.69, 9.17) is 0 Å². The maximum Gasteiger partial charge on any atom is 0.0448 e. The summed E-state index contributed by atoms with van der Waals surface area (Å²) in [6.07, 6.45) is 9.12. The Hall–Kier alpha value is -6.38. The van der Waals surface area contributed by atoms with Crippen LogP contribution in [0, 0.1) is 0 Å². The summed E-state index contributed by atoms with van der Waals surface area (Å²) in [4.78, 5) is 5.13. The molecule has 300 valence electrons. The Morgan fingerprint density at radius 1 is 0.443 bits per heavy atom. The van der Waals surface area contributed by atoms with Crippen molar-refractivity contribution in [2.45, 2.75) is 83.7 Å². The van der Waals surface area contributed by atoms with E-state index in [0.29, 0.717) is 0 Å². The van der Waals surface area contributed by atoms with Gasteiger partial charge in [0.1, 0.15) is 0 Å². The van der Waals surface area contributed by atoms with Crippen molar-refractivity contribution in [3.05, 3.63) is 191 Å². The van der Waals surface area contributed by atoms with Gasteiger partial charge in [0.2, 0.25) is 0 Å². The van der Waals surface area contributed by atoms with E-state index in [1.165, 1.54) is 99.9 Å².